The third kappa shape index (κ3) is 5.24. The van der Waals surface area contributed by atoms with Crippen molar-refractivity contribution < 1.29 is 0 Å². The molecule has 112 valence electrons. The number of hydrogen-bond donors (Lipinski definition) is 2. The molecule has 3 nitrogen and oxygen atoms in total. The highest BCUT2D eigenvalue weighted by Crippen LogP contribution is 2.40. The minimum atomic E-state index is 0. The predicted molar refractivity (Wildman–Crippen MR) is 100 cm³/mol. The van der Waals surface area contributed by atoms with Crippen molar-refractivity contribution in [3.63, 3.8) is 0 Å². The maximum absolute atomic E-state index is 4.54. The molecule has 0 aromatic heterocycles. The summed E-state index contributed by atoms with van der Waals surface area (Å²) in [6.45, 7) is 6.04. The molecule has 0 aliphatic heterocycles. The Kier molecular flexibility index (Phi) is 7.87. The summed E-state index contributed by atoms with van der Waals surface area (Å²) in [7, 11) is 0. The number of aliphatic imine (C=N–C) groups is 1. The van der Waals surface area contributed by atoms with Gasteiger partial charge in [0.2, 0.25) is 0 Å². The second-order valence-electron chi connectivity index (χ2n) is 4.91. The number of hydrogen-bond acceptors (Lipinski definition) is 1. The molecule has 1 aromatic carbocycles. The third-order valence-electron chi connectivity index (χ3n) is 3.25. The number of guanidine groups is 1. The maximum Gasteiger partial charge on any atom is 0.191 e. The van der Waals surface area contributed by atoms with E-state index in [4.69, 9.17) is 0 Å². The van der Waals surface area contributed by atoms with E-state index in [1.165, 1.54) is 12.0 Å². The molecule has 2 unspecified atom stereocenters. The summed E-state index contributed by atoms with van der Waals surface area (Å²) < 4.78 is 1.14. The molecule has 2 N–H and O–H groups in total. The summed E-state index contributed by atoms with van der Waals surface area (Å²) in [5.41, 5.74) is 1.41. The van der Waals surface area contributed by atoms with E-state index < -0.39 is 0 Å². The lowest BCUT2D eigenvalue weighted by molar-refractivity contribution is 0.789. The van der Waals surface area contributed by atoms with Gasteiger partial charge in [0.15, 0.2) is 5.96 Å². The lowest BCUT2D eigenvalue weighted by Crippen LogP contribution is -2.39. The van der Waals surface area contributed by atoms with Gasteiger partial charge in [0.1, 0.15) is 0 Å². The fourth-order valence-corrected chi connectivity index (χ4v) is 2.42. The zero-order valence-corrected chi connectivity index (χ0v) is 15.9. The van der Waals surface area contributed by atoms with E-state index in [1.54, 1.807) is 0 Å². The first-order valence-corrected chi connectivity index (χ1v) is 7.84. The van der Waals surface area contributed by atoms with Crippen LogP contribution in [0.2, 0.25) is 0 Å². The first-order chi connectivity index (χ1) is 9.24. The largest absolute Gasteiger partial charge is 0.357 e. The SMILES string of the molecule is CCCN=C(NCC)NC1CC1c1ccc(Br)cc1.I. The van der Waals surface area contributed by atoms with E-state index >= 15 is 0 Å². The van der Waals surface area contributed by atoms with Crippen molar-refractivity contribution in [2.24, 2.45) is 4.99 Å². The molecule has 1 fully saturated rings. The normalized spacial score (nSPS) is 21.1. The molecule has 2 atom stereocenters. The van der Waals surface area contributed by atoms with Crippen molar-refractivity contribution >= 4 is 45.9 Å². The van der Waals surface area contributed by atoms with Gasteiger partial charge in [-0.2, -0.15) is 0 Å². The molecule has 1 saturated carbocycles. The fourth-order valence-electron chi connectivity index (χ4n) is 2.15. The van der Waals surface area contributed by atoms with E-state index in [0.29, 0.717) is 12.0 Å². The molecule has 0 radical (unpaired) electrons. The molecule has 0 amide bonds. The average Bonchev–Trinajstić information content (AvgIpc) is 3.16. The van der Waals surface area contributed by atoms with Gasteiger partial charge in [0.25, 0.3) is 0 Å². The van der Waals surface area contributed by atoms with Crippen LogP contribution in [0.25, 0.3) is 0 Å². The van der Waals surface area contributed by atoms with Crippen molar-refractivity contribution in [3.05, 3.63) is 34.3 Å². The Balaban J connectivity index is 0.00000200. The first kappa shape index (κ1) is 17.8. The van der Waals surface area contributed by atoms with Crippen LogP contribution in [0.4, 0.5) is 0 Å². The summed E-state index contributed by atoms with van der Waals surface area (Å²) in [6.07, 6.45) is 2.27. The van der Waals surface area contributed by atoms with Crippen molar-refractivity contribution in [2.45, 2.75) is 38.6 Å². The predicted octanol–water partition coefficient (Wildman–Crippen LogP) is 3.89. The summed E-state index contributed by atoms with van der Waals surface area (Å²) in [6, 6.07) is 9.15. The van der Waals surface area contributed by atoms with Crippen LogP contribution in [0, 0.1) is 0 Å². The lowest BCUT2D eigenvalue weighted by atomic mass is 10.1. The smallest absolute Gasteiger partial charge is 0.191 e. The van der Waals surface area contributed by atoms with Crippen LogP contribution in [0.5, 0.6) is 0 Å². The minimum absolute atomic E-state index is 0. The second-order valence-corrected chi connectivity index (χ2v) is 5.82. The van der Waals surface area contributed by atoms with Gasteiger partial charge in [-0.1, -0.05) is 35.0 Å². The summed E-state index contributed by atoms with van der Waals surface area (Å²) in [5, 5.41) is 6.82. The number of rotatable bonds is 5. The molecule has 2 rings (SSSR count). The van der Waals surface area contributed by atoms with Gasteiger partial charge in [-0.15, -0.1) is 24.0 Å². The number of nitrogens with zero attached hydrogens (tertiary/aromatic N) is 1. The Bertz CT molecular complexity index is 433. The molecular formula is C15H23BrIN3. The Hall–Kier alpha value is -0.300. The van der Waals surface area contributed by atoms with Crippen LogP contribution >= 0.6 is 39.9 Å². The van der Waals surface area contributed by atoms with Crippen LogP contribution in [0.3, 0.4) is 0 Å². The topological polar surface area (TPSA) is 36.4 Å². The Morgan fingerprint density at radius 1 is 1.30 bits per heavy atom. The molecule has 1 aromatic rings. The van der Waals surface area contributed by atoms with E-state index in [2.05, 4.69) is 69.7 Å². The van der Waals surface area contributed by atoms with Gasteiger partial charge in [-0.3, -0.25) is 4.99 Å². The molecule has 0 saturated heterocycles. The standard InChI is InChI=1S/C15H22BrN3.HI/c1-3-9-18-15(17-4-2)19-14-10-13(14)11-5-7-12(16)8-6-11;/h5-8,13-14H,3-4,9-10H2,1-2H3,(H2,17,18,19);1H. The van der Waals surface area contributed by atoms with Crippen LogP contribution in [0.15, 0.2) is 33.7 Å². The Labute approximate surface area is 147 Å². The van der Waals surface area contributed by atoms with Crippen molar-refractivity contribution in [2.75, 3.05) is 13.1 Å². The summed E-state index contributed by atoms with van der Waals surface area (Å²) >= 11 is 3.47. The second kappa shape index (κ2) is 8.87. The van der Waals surface area contributed by atoms with Gasteiger partial charge in [0.05, 0.1) is 0 Å². The fraction of sp³-hybridized carbons (Fsp3) is 0.533. The van der Waals surface area contributed by atoms with Crippen LogP contribution in [-0.2, 0) is 0 Å². The molecule has 20 heavy (non-hydrogen) atoms. The van der Waals surface area contributed by atoms with Crippen molar-refractivity contribution in [3.8, 4) is 0 Å². The monoisotopic (exact) mass is 451 g/mol. The number of benzene rings is 1. The molecule has 1 aliphatic carbocycles. The zero-order chi connectivity index (χ0) is 13.7. The molecule has 1 aliphatic rings. The minimum Gasteiger partial charge on any atom is -0.357 e. The van der Waals surface area contributed by atoms with Crippen LogP contribution < -0.4 is 10.6 Å². The van der Waals surface area contributed by atoms with E-state index in [0.717, 1.165) is 29.9 Å². The van der Waals surface area contributed by atoms with Crippen LogP contribution in [-0.4, -0.2) is 25.1 Å². The number of halogens is 2. The zero-order valence-electron chi connectivity index (χ0n) is 12.0. The van der Waals surface area contributed by atoms with E-state index in [9.17, 15) is 0 Å². The first-order valence-electron chi connectivity index (χ1n) is 7.05. The molecule has 0 spiro atoms. The molecule has 0 bridgehead atoms. The van der Waals surface area contributed by atoms with Crippen molar-refractivity contribution in [1.29, 1.82) is 0 Å². The summed E-state index contributed by atoms with van der Waals surface area (Å²) in [5.74, 6) is 1.58. The average molecular weight is 452 g/mol. The lowest BCUT2D eigenvalue weighted by Gasteiger charge is -2.11. The Morgan fingerprint density at radius 2 is 2.00 bits per heavy atom. The van der Waals surface area contributed by atoms with Crippen molar-refractivity contribution in [1.82, 2.24) is 10.6 Å². The highest BCUT2D eigenvalue weighted by atomic mass is 127. The van der Waals surface area contributed by atoms with Gasteiger partial charge < -0.3 is 10.6 Å². The molecule has 0 heterocycles. The maximum atomic E-state index is 4.54. The highest BCUT2D eigenvalue weighted by Gasteiger charge is 2.38. The van der Waals surface area contributed by atoms with Crippen LogP contribution in [0.1, 0.15) is 38.2 Å². The summed E-state index contributed by atoms with van der Waals surface area (Å²) in [4.78, 5) is 4.54. The van der Waals surface area contributed by atoms with E-state index in [1.807, 2.05) is 0 Å². The van der Waals surface area contributed by atoms with Gasteiger partial charge in [-0.05, 0) is 37.5 Å². The van der Waals surface area contributed by atoms with E-state index in [-0.39, 0.29) is 24.0 Å². The van der Waals surface area contributed by atoms with Gasteiger partial charge in [0, 0.05) is 29.5 Å². The molecular weight excluding hydrogens is 429 g/mol. The third-order valence-corrected chi connectivity index (χ3v) is 3.78. The number of nitrogens with one attached hydrogen (secondary N) is 2. The van der Waals surface area contributed by atoms with Gasteiger partial charge >= 0.3 is 0 Å². The quantitative estimate of drug-likeness (QED) is 0.404. The molecule has 5 heteroatoms. The van der Waals surface area contributed by atoms with Gasteiger partial charge in [-0.25, -0.2) is 0 Å². The highest BCUT2D eigenvalue weighted by molar-refractivity contribution is 14.0. The Morgan fingerprint density at radius 3 is 2.60 bits per heavy atom.